The number of aryl methyl sites for hydroxylation is 1. The zero-order valence-corrected chi connectivity index (χ0v) is 11.2. The van der Waals surface area contributed by atoms with Crippen LogP contribution in [0.1, 0.15) is 35.3 Å². The van der Waals surface area contributed by atoms with Crippen molar-refractivity contribution in [1.82, 2.24) is 4.98 Å². The first-order valence-electron chi connectivity index (χ1n) is 6.37. The van der Waals surface area contributed by atoms with Crippen LogP contribution < -0.4 is 4.90 Å². The molecule has 0 N–H and O–H groups in total. The van der Waals surface area contributed by atoms with Crippen LogP contribution in [-0.2, 0) is 4.74 Å². The smallest absolute Gasteiger partial charge is 0.339 e. The maximum absolute atomic E-state index is 11.5. The monoisotopic (exact) mass is 259 g/mol. The molecule has 0 amide bonds. The molecule has 0 aliphatic heterocycles. The zero-order chi connectivity index (χ0) is 13.8. The van der Waals surface area contributed by atoms with E-state index in [-0.39, 0.29) is 5.97 Å². The van der Waals surface area contributed by atoms with E-state index in [2.05, 4.69) is 16.0 Å². The number of hydrogen-bond donors (Lipinski definition) is 0. The molecule has 1 saturated carbocycles. The molecule has 5 heteroatoms. The maximum Gasteiger partial charge on any atom is 0.339 e. The fourth-order valence-electron chi connectivity index (χ4n) is 2.07. The van der Waals surface area contributed by atoms with E-state index in [1.54, 1.807) is 13.0 Å². The molecule has 1 aromatic rings. The molecule has 0 spiro atoms. The van der Waals surface area contributed by atoms with Gasteiger partial charge in [0.1, 0.15) is 5.82 Å². The number of aromatic nitrogens is 1. The standard InChI is InChI=1S/C14H17N3O2/c1-10-12(14(18)19-2)6-7-13(16-10)17(9-3-8-15)11-4-5-11/h6-7,11H,3-5,9H2,1-2H3. The fraction of sp³-hybridized carbons (Fsp3) is 0.500. The normalized spacial score (nSPS) is 13.7. The third-order valence-corrected chi connectivity index (χ3v) is 3.22. The van der Waals surface area contributed by atoms with E-state index in [4.69, 9.17) is 10.00 Å². The molecule has 0 unspecified atom stereocenters. The topological polar surface area (TPSA) is 66.2 Å². The van der Waals surface area contributed by atoms with Gasteiger partial charge < -0.3 is 9.64 Å². The summed E-state index contributed by atoms with van der Waals surface area (Å²) in [5, 5.41) is 8.71. The lowest BCUT2D eigenvalue weighted by Gasteiger charge is -2.23. The Morgan fingerprint density at radius 1 is 1.58 bits per heavy atom. The summed E-state index contributed by atoms with van der Waals surface area (Å²) in [5.74, 6) is 0.467. The van der Waals surface area contributed by atoms with Crippen molar-refractivity contribution < 1.29 is 9.53 Å². The number of pyridine rings is 1. The van der Waals surface area contributed by atoms with Crippen LogP contribution in [0.15, 0.2) is 12.1 Å². The second kappa shape index (κ2) is 5.70. The van der Waals surface area contributed by atoms with Gasteiger partial charge in [0, 0.05) is 12.6 Å². The van der Waals surface area contributed by atoms with Crippen LogP contribution in [0.4, 0.5) is 5.82 Å². The SMILES string of the molecule is COC(=O)c1ccc(N(CCC#N)C2CC2)nc1C. The second-order valence-corrected chi connectivity index (χ2v) is 4.63. The first kappa shape index (κ1) is 13.3. The maximum atomic E-state index is 11.5. The molecule has 0 bridgehead atoms. The summed E-state index contributed by atoms with van der Waals surface area (Å²) in [7, 11) is 1.36. The largest absolute Gasteiger partial charge is 0.465 e. The van der Waals surface area contributed by atoms with Crippen LogP contribution in [0.2, 0.25) is 0 Å². The minimum Gasteiger partial charge on any atom is -0.465 e. The number of anilines is 1. The predicted molar refractivity (Wildman–Crippen MR) is 70.9 cm³/mol. The predicted octanol–water partition coefficient (Wildman–Crippen LogP) is 2.06. The molecule has 1 aromatic heterocycles. The molecule has 1 fully saturated rings. The van der Waals surface area contributed by atoms with E-state index >= 15 is 0 Å². The third kappa shape index (κ3) is 3.02. The van der Waals surface area contributed by atoms with Gasteiger partial charge in [-0.15, -0.1) is 0 Å². The Morgan fingerprint density at radius 2 is 2.32 bits per heavy atom. The molecule has 100 valence electrons. The second-order valence-electron chi connectivity index (χ2n) is 4.63. The molecule has 0 aromatic carbocycles. The highest BCUT2D eigenvalue weighted by Gasteiger charge is 2.30. The molecular formula is C14H17N3O2. The van der Waals surface area contributed by atoms with E-state index < -0.39 is 0 Å². The molecule has 0 atom stereocenters. The van der Waals surface area contributed by atoms with Crippen LogP contribution in [0, 0.1) is 18.3 Å². The lowest BCUT2D eigenvalue weighted by Crippen LogP contribution is -2.28. The number of nitrogens with zero attached hydrogens (tertiary/aromatic N) is 3. The van der Waals surface area contributed by atoms with Crippen molar-refractivity contribution in [1.29, 1.82) is 5.26 Å². The number of methoxy groups -OCH3 is 1. The number of ether oxygens (including phenoxy) is 1. The van der Waals surface area contributed by atoms with Gasteiger partial charge >= 0.3 is 5.97 Å². The van der Waals surface area contributed by atoms with E-state index in [0.29, 0.717) is 30.3 Å². The minimum absolute atomic E-state index is 0.369. The third-order valence-electron chi connectivity index (χ3n) is 3.22. The average molecular weight is 259 g/mol. The summed E-state index contributed by atoms with van der Waals surface area (Å²) in [5.41, 5.74) is 1.15. The van der Waals surface area contributed by atoms with Gasteiger partial charge in [-0.1, -0.05) is 0 Å². The van der Waals surface area contributed by atoms with Gasteiger partial charge in [-0.25, -0.2) is 9.78 Å². The van der Waals surface area contributed by atoms with Crippen molar-refractivity contribution in [2.75, 3.05) is 18.6 Å². The van der Waals surface area contributed by atoms with Gasteiger partial charge in [-0.3, -0.25) is 0 Å². The van der Waals surface area contributed by atoms with Gasteiger partial charge in [0.05, 0.1) is 30.9 Å². The molecule has 5 nitrogen and oxygen atoms in total. The summed E-state index contributed by atoms with van der Waals surface area (Å²) in [6.07, 6.45) is 2.77. The summed E-state index contributed by atoms with van der Waals surface area (Å²) < 4.78 is 4.71. The molecular weight excluding hydrogens is 242 g/mol. The molecule has 1 heterocycles. The van der Waals surface area contributed by atoms with Gasteiger partial charge in [-0.05, 0) is 31.9 Å². The molecule has 19 heavy (non-hydrogen) atoms. The molecule has 0 radical (unpaired) electrons. The highest BCUT2D eigenvalue weighted by atomic mass is 16.5. The van der Waals surface area contributed by atoms with Crippen molar-refractivity contribution in [3.05, 3.63) is 23.4 Å². The van der Waals surface area contributed by atoms with Crippen molar-refractivity contribution in [3.63, 3.8) is 0 Å². The molecule has 0 saturated heterocycles. The molecule has 1 aliphatic carbocycles. The number of hydrogen-bond acceptors (Lipinski definition) is 5. The van der Waals surface area contributed by atoms with Crippen molar-refractivity contribution in [2.45, 2.75) is 32.2 Å². The number of rotatable bonds is 5. The quantitative estimate of drug-likeness (QED) is 0.757. The lowest BCUT2D eigenvalue weighted by molar-refractivity contribution is 0.0599. The van der Waals surface area contributed by atoms with Crippen LogP contribution >= 0.6 is 0 Å². The number of nitriles is 1. The van der Waals surface area contributed by atoms with Gasteiger partial charge in [0.25, 0.3) is 0 Å². The first-order valence-corrected chi connectivity index (χ1v) is 6.37. The van der Waals surface area contributed by atoms with Crippen LogP contribution in [0.25, 0.3) is 0 Å². The number of esters is 1. The van der Waals surface area contributed by atoms with E-state index in [1.807, 2.05) is 6.07 Å². The van der Waals surface area contributed by atoms with Crippen molar-refractivity contribution in [2.24, 2.45) is 0 Å². The van der Waals surface area contributed by atoms with Crippen LogP contribution in [0.3, 0.4) is 0 Å². The Balaban J connectivity index is 2.22. The number of carbonyl (C=O) groups is 1. The summed E-state index contributed by atoms with van der Waals surface area (Å²) in [6.45, 7) is 2.48. The summed E-state index contributed by atoms with van der Waals surface area (Å²) >= 11 is 0. The Hall–Kier alpha value is -2.09. The lowest BCUT2D eigenvalue weighted by atomic mass is 10.2. The van der Waals surface area contributed by atoms with Crippen molar-refractivity contribution >= 4 is 11.8 Å². The Labute approximate surface area is 112 Å². The number of carbonyl (C=O) groups excluding carboxylic acids is 1. The highest BCUT2D eigenvalue weighted by Crippen LogP contribution is 2.31. The van der Waals surface area contributed by atoms with E-state index in [0.717, 1.165) is 18.7 Å². The van der Waals surface area contributed by atoms with Crippen molar-refractivity contribution in [3.8, 4) is 6.07 Å². The summed E-state index contributed by atoms with van der Waals surface area (Å²) in [6, 6.07) is 6.22. The van der Waals surface area contributed by atoms with Gasteiger partial charge in [-0.2, -0.15) is 5.26 Å². The Morgan fingerprint density at radius 3 is 2.84 bits per heavy atom. The molecule has 1 aliphatic rings. The van der Waals surface area contributed by atoms with E-state index in [9.17, 15) is 4.79 Å². The highest BCUT2D eigenvalue weighted by molar-refractivity contribution is 5.90. The zero-order valence-electron chi connectivity index (χ0n) is 11.2. The van der Waals surface area contributed by atoms with E-state index in [1.165, 1.54) is 7.11 Å². The molecule has 2 rings (SSSR count). The Kier molecular flexibility index (Phi) is 4.00. The minimum atomic E-state index is -0.369. The first-order chi connectivity index (χ1) is 9.17. The Bertz CT molecular complexity index is 518. The summed E-state index contributed by atoms with van der Waals surface area (Å²) in [4.78, 5) is 18.1. The van der Waals surface area contributed by atoms with Gasteiger partial charge in [0.15, 0.2) is 0 Å². The van der Waals surface area contributed by atoms with Crippen LogP contribution in [-0.4, -0.2) is 30.6 Å². The van der Waals surface area contributed by atoms with Gasteiger partial charge in [0.2, 0.25) is 0 Å². The average Bonchev–Trinajstić information content (AvgIpc) is 3.23. The fourth-order valence-corrected chi connectivity index (χ4v) is 2.07. The van der Waals surface area contributed by atoms with Crippen LogP contribution in [0.5, 0.6) is 0 Å².